The van der Waals surface area contributed by atoms with Crippen LogP contribution >= 0.6 is 12.4 Å². The number of nitrogens with zero attached hydrogens (tertiary/aromatic N) is 2. The van der Waals surface area contributed by atoms with Crippen LogP contribution in [0.5, 0.6) is 0 Å². The molecule has 2 aromatic rings. The third-order valence-electron chi connectivity index (χ3n) is 4.89. The summed E-state index contributed by atoms with van der Waals surface area (Å²) in [6.07, 6.45) is 3.66. The molecule has 1 amide bonds. The molecule has 1 N–H and O–H groups in total. The Morgan fingerprint density at radius 1 is 1.28 bits per heavy atom. The van der Waals surface area contributed by atoms with Gasteiger partial charge in [0.1, 0.15) is 0 Å². The molecule has 0 saturated carbocycles. The Kier molecular flexibility index (Phi) is 7.08. The van der Waals surface area contributed by atoms with Crippen LogP contribution in [-0.2, 0) is 11.3 Å². The number of aryl methyl sites for hydroxylation is 1. The Morgan fingerprint density at radius 2 is 2.00 bits per heavy atom. The molecule has 1 aliphatic heterocycles. The number of carbonyl (C=O) groups is 1. The SMILES string of the molecule is CNCCC1CCN(C(=O)CCn2c(=O)oc3ccccc32)CC1.Cl. The number of rotatable bonds is 6. The van der Waals surface area contributed by atoms with E-state index in [1.807, 2.05) is 30.1 Å². The van der Waals surface area contributed by atoms with E-state index in [4.69, 9.17) is 4.42 Å². The minimum Gasteiger partial charge on any atom is -0.408 e. The summed E-state index contributed by atoms with van der Waals surface area (Å²) in [5.74, 6) is 0.441. The number of amides is 1. The molecule has 0 aliphatic carbocycles. The van der Waals surface area contributed by atoms with Crippen molar-refractivity contribution < 1.29 is 9.21 Å². The van der Waals surface area contributed by atoms with Gasteiger partial charge < -0.3 is 14.6 Å². The first-order chi connectivity index (χ1) is 11.7. The fourth-order valence-corrected chi connectivity index (χ4v) is 3.41. The molecule has 138 valence electrons. The van der Waals surface area contributed by atoms with E-state index in [1.54, 1.807) is 10.6 Å². The second-order valence-electron chi connectivity index (χ2n) is 6.45. The van der Waals surface area contributed by atoms with Crippen molar-refractivity contribution in [3.63, 3.8) is 0 Å². The summed E-state index contributed by atoms with van der Waals surface area (Å²) < 4.78 is 6.75. The number of hydrogen-bond acceptors (Lipinski definition) is 4. The van der Waals surface area contributed by atoms with Crippen LogP contribution in [-0.4, -0.2) is 42.1 Å². The van der Waals surface area contributed by atoms with Gasteiger partial charge in [0.05, 0.1) is 5.52 Å². The third-order valence-corrected chi connectivity index (χ3v) is 4.89. The highest BCUT2D eigenvalue weighted by Gasteiger charge is 2.22. The van der Waals surface area contributed by atoms with Crippen molar-refractivity contribution in [3.8, 4) is 0 Å². The quantitative estimate of drug-likeness (QED) is 0.850. The lowest BCUT2D eigenvalue weighted by molar-refractivity contribution is -0.132. The van der Waals surface area contributed by atoms with Gasteiger partial charge in [-0.15, -0.1) is 12.4 Å². The Bertz CT molecular complexity index is 747. The van der Waals surface area contributed by atoms with Crippen LogP contribution in [0.2, 0.25) is 0 Å². The van der Waals surface area contributed by atoms with Crippen molar-refractivity contribution in [2.24, 2.45) is 5.92 Å². The number of nitrogens with one attached hydrogen (secondary N) is 1. The van der Waals surface area contributed by atoms with Crippen LogP contribution in [0.25, 0.3) is 11.1 Å². The van der Waals surface area contributed by atoms with E-state index in [1.165, 1.54) is 6.42 Å². The van der Waals surface area contributed by atoms with Crippen molar-refractivity contribution >= 4 is 29.4 Å². The maximum atomic E-state index is 12.4. The minimum absolute atomic E-state index is 0. The van der Waals surface area contributed by atoms with Gasteiger partial charge in [0.25, 0.3) is 0 Å². The van der Waals surface area contributed by atoms with Crippen LogP contribution in [0.4, 0.5) is 0 Å². The number of piperidine rings is 1. The number of benzene rings is 1. The summed E-state index contributed by atoms with van der Waals surface area (Å²) in [4.78, 5) is 26.3. The zero-order valence-electron chi connectivity index (χ0n) is 14.6. The lowest BCUT2D eigenvalue weighted by Gasteiger charge is -2.32. The summed E-state index contributed by atoms with van der Waals surface area (Å²) >= 11 is 0. The van der Waals surface area contributed by atoms with E-state index < -0.39 is 5.76 Å². The Balaban J connectivity index is 0.00000225. The Hall–Kier alpha value is -1.79. The fraction of sp³-hybridized carbons (Fsp3) is 0.556. The molecule has 6 nitrogen and oxygen atoms in total. The monoisotopic (exact) mass is 367 g/mol. The molecule has 1 saturated heterocycles. The summed E-state index contributed by atoms with van der Waals surface area (Å²) in [7, 11) is 1.97. The highest BCUT2D eigenvalue weighted by atomic mass is 35.5. The first-order valence-corrected chi connectivity index (χ1v) is 8.70. The van der Waals surface area contributed by atoms with Crippen molar-refractivity contribution in [1.82, 2.24) is 14.8 Å². The largest absolute Gasteiger partial charge is 0.419 e. The van der Waals surface area contributed by atoms with E-state index in [9.17, 15) is 9.59 Å². The minimum atomic E-state index is -0.394. The van der Waals surface area contributed by atoms with Gasteiger partial charge in [-0.25, -0.2) is 4.79 Å². The van der Waals surface area contributed by atoms with Gasteiger partial charge in [-0.1, -0.05) is 12.1 Å². The molecule has 1 aromatic carbocycles. The highest BCUT2D eigenvalue weighted by Crippen LogP contribution is 2.20. The van der Waals surface area contributed by atoms with Crippen molar-refractivity contribution in [2.75, 3.05) is 26.7 Å². The standard InChI is InChI=1S/C18H25N3O3.ClH/c1-19-10-6-14-7-11-20(12-8-14)17(22)9-13-21-15-4-2-3-5-16(15)24-18(21)23;/h2-5,14,19H,6-13H2,1H3;1H. The molecule has 0 unspecified atom stereocenters. The molecular formula is C18H26ClN3O3. The molecule has 0 atom stereocenters. The summed E-state index contributed by atoms with van der Waals surface area (Å²) in [6.45, 7) is 3.06. The van der Waals surface area contributed by atoms with Gasteiger partial charge in [-0.2, -0.15) is 0 Å². The van der Waals surface area contributed by atoms with Crippen LogP contribution in [0, 0.1) is 5.92 Å². The highest BCUT2D eigenvalue weighted by molar-refractivity contribution is 5.85. The normalized spacial score (nSPS) is 15.3. The number of carbonyl (C=O) groups excluding carboxylic acids is 1. The second-order valence-corrected chi connectivity index (χ2v) is 6.45. The predicted octanol–water partition coefficient (Wildman–Crippen LogP) is 2.25. The van der Waals surface area contributed by atoms with E-state index in [-0.39, 0.29) is 18.3 Å². The number of fused-ring (bicyclic) bond motifs is 1. The van der Waals surface area contributed by atoms with E-state index in [2.05, 4.69) is 5.32 Å². The molecule has 1 aliphatic rings. The summed E-state index contributed by atoms with van der Waals surface area (Å²) in [5, 5.41) is 3.18. The van der Waals surface area contributed by atoms with E-state index >= 15 is 0 Å². The van der Waals surface area contributed by atoms with Crippen LogP contribution in [0.3, 0.4) is 0 Å². The predicted molar refractivity (Wildman–Crippen MR) is 100 cm³/mol. The summed E-state index contributed by atoms with van der Waals surface area (Å²) in [5.41, 5.74) is 1.32. The first-order valence-electron chi connectivity index (χ1n) is 8.70. The molecule has 3 rings (SSSR count). The number of oxazole rings is 1. The molecule has 7 heteroatoms. The number of likely N-dealkylation sites (tertiary alicyclic amines) is 1. The van der Waals surface area contributed by atoms with E-state index in [0.717, 1.165) is 38.0 Å². The summed E-state index contributed by atoms with van der Waals surface area (Å²) in [6, 6.07) is 7.31. The molecular weight excluding hydrogens is 342 g/mol. The number of halogens is 1. The van der Waals surface area contributed by atoms with Gasteiger partial charge in [-0.3, -0.25) is 9.36 Å². The van der Waals surface area contributed by atoms with Crippen molar-refractivity contribution in [2.45, 2.75) is 32.2 Å². The molecule has 0 spiro atoms. The number of para-hydroxylation sites is 2. The van der Waals surface area contributed by atoms with E-state index in [0.29, 0.717) is 24.5 Å². The lowest BCUT2D eigenvalue weighted by atomic mass is 9.93. The Morgan fingerprint density at radius 3 is 2.72 bits per heavy atom. The van der Waals surface area contributed by atoms with Crippen LogP contribution in [0.1, 0.15) is 25.7 Å². The smallest absolute Gasteiger partial charge is 0.408 e. The third kappa shape index (κ3) is 4.64. The zero-order chi connectivity index (χ0) is 16.9. The topological polar surface area (TPSA) is 67.5 Å². The van der Waals surface area contributed by atoms with Gasteiger partial charge in [-0.05, 0) is 50.9 Å². The number of aromatic nitrogens is 1. The maximum Gasteiger partial charge on any atom is 0.419 e. The maximum absolute atomic E-state index is 12.4. The lowest BCUT2D eigenvalue weighted by Crippen LogP contribution is -2.39. The zero-order valence-corrected chi connectivity index (χ0v) is 15.4. The van der Waals surface area contributed by atoms with Crippen LogP contribution < -0.4 is 11.1 Å². The first kappa shape index (κ1) is 19.5. The molecule has 0 bridgehead atoms. The second kappa shape index (κ2) is 9.06. The fourth-order valence-electron chi connectivity index (χ4n) is 3.41. The van der Waals surface area contributed by atoms with Crippen molar-refractivity contribution in [1.29, 1.82) is 0 Å². The average molecular weight is 368 g/mol. The van der Waals surface area contributed by atoms with Crippen LogP contribution in [0.15, 0.2) is 33.5 Å². The molecule has 1 fully saturated rings. The molecule has 1 aromatic heterocycles. The Labute approximate surface area is 153 Å². The molecule has 25 heavy (non-hydrogen) atoms. The van der Waals surface area contributed by atoms with Gasteiger partial charge in [0.2, 0.25) is 5.91 Å². The average Bonchev–Trinajstić information content (AvgIpc) is 2.93. The van der Waals surface area contributed by atoms with Crippen molar-refractivity contribution in [3.05, 3.63) is 34.8 Å². The van der Waals surface area contributed by atoms with Gasteiger partial charge in [0, 0.05) is 26.1 Å². The number of hydrogen-bond donors (Lipinski definition) is 1. The van der Waals surface area contributed by atoms with Gasteiger partial charge in [0.15, 0.2) is 5.58 Å². The molecule has 2 heterocycles. The molecule has 0 radical (unpaired) electrons. The van der Waals surface area contributed by atoms with Gasteiger partial charge >= 0.3 is 5.76 Å².